The summed E-state index contributed by atoms with van der Waals surface area (Å²) in [5.74, 6) is 0. The van der Waals surface area contributed by atoms with E-state index in [0.29, 0.717) is 25.4 Å². The van der Waals surface area contributed by atoms with E-state index in [2.05, 4.69) is 32.7 Å². The third kappa shape index (κ3) is 8.32. The lowest BCUT2D eigenvalue weighted by atomic mass is 10.3. The normalized spacial score (nSPS) is 33.4. The first-order chi connectivity index (χ1) is 18.7. The Bertz CT molecular complexity index is 1190. The fraction of sp³-hybridized carbons (Fsp3) is 0.875. The van der Waals surface area contributed by atoms with Gasteiger partial charge >= 0.3 is 51.3 Å². The highest BCUT2D eigenvalue weighted by molar-refractivity contribution is 6.93. The molecule has 228 valence electrons. The number of hydrogen-bond donors (Lipinski definition) is 0. The molecule has 3 fully saturated rings. The van der Waals surface area contributed by atoms with Crippen LogP contribution in [0.1, 0.15) is 39.0 Å². The van der Waals surface area contributed by atoms with Crippen molar-refractivity contribution in [1.82, 2.24) is 13.7 Å². The third-order valence-corrected chi connectivity index (χ3v) is 25.6. The van der Waals surface area contributed by atoms with E-state index < -0.39 is 51.3 Å². The molecule has 1 aromatic rings. The molecule has 4 rings (SSSR count). The minimum absolute atomic E-state index is 0.178. The molecule has 0 bridgehead atoms. The van der Waals surface area contributed by atoms with Gasteiger partial charge in [0.2, 0.25) is 0 Å². The lowest BCUT2D eigenvalue weighted by molar-refractivity contribution is 0.222. The van der Waals surface area contributed by atoms with Gasteiger partial charge in [-0.05, 0) is 76.6 Å². The van der Waals surface area contributed by atoms with Crippen molar-refractivity contribution in [3.05, 3.63) is 31.5 Å². The molecule has 40 heavy (non-hydrogen) atoms. The van der Waals surface area contributed by atoms with Gasteiger partial charge in [0.25, 0.3) is 0 Å². The minimum Gasteiger partial charge on any atom is -0.416 e. The molecule has 16 heteroatoms. The van der Waals surface area contributed by atoms with Crippen molar-refractivity contribution >= 4 is 34.2 Å². The van der Waals surface area contributed by atoms with E-state index in [1.807, 2.05) is 6.92 Å². The first-order valence-corrected chi connectivity index (χ1v) is 25.0. The van der Waals surface area contributed by atoms with Crippen LogP contribution in [0.25, 0.3) is 0 Å². The fourth-order valence-corrected chi connectivity index (χ4v) is 28.4. The van der Waals surface area contributed by atoms with Gasteiger partial charge in [0.15, 0.2) is 0 Å². The fourth-order valence-electron chi connectivity index (χ4n) is 5.67. The van der Waals surface area contributed by atoms with E-state index in [4.69, 9.17) is 25.9 Å². The molecule has 4 unspecified atom stereocenters. The van der Waals surface area contributed by atoms with Crippen molar-refractivity contribution in [3.63, 3.8) is 0 Å². The Morgan fingerprint density at radius 2 is 1.10 bits per heavy atom. The number of ether oxygens (including phenoxy) is 2. The zero-order valence-electron chi connectivity index (χ0n) is 25.2. The van der Waals surface area contributed by atoms with Gasteiger partial charge in [-0.2, -0.15) is 0 Å². The Hall–Kier alpha value is -0.962. The number of hydrogen-bond acceptors (Lipinski definition) is 9. The van der Waals surface area contributed by atoms with E-state index in [0.717, 1.165) is 53.7 Å². The van der Waals surface area contributed by atoms with Gasteiger partial charge in [-0.15, -0.1) is 0 Å². The minimum atomic E-state index is -2.88. The van der Waals surface area contributed by atoms with Gasteiger partial charge in [0.05, 0.1) is 25.4 Å². The number of epoxide rings is 2. The molecule has 0 amide bonds. The number of aromatic nitrogens is 3. The van der Waals surface area contributed by atoms with E-state index in [-0.39, 0.29) is 18.8 Å². The first kappa shape index (κ1) is 32.0. The largest absolute Gasteiger partial charge is 0.416 e. The number of nitrogens with zero attached hydrogens (tertiary/aromatic N) is 3. The summed E-state index contributed by atoms with van der Waals surface area (Å²) in [4.78, 5) is 38.6. The molecule has 3 aliphatic heterocycles. The molecule has 3 aliphatic rings. The highest BCUT2D eigenvalue weighted by Crippen LogP contribution is 2.38. The zero-order valence-corrected chi connectivity index (χ0v) is 29.2. The summed E-state index contributed by atoms with van der Waals surface area (Å²) >= 11 is 0. The Balaban J connectivity index is 1.56. The van der Waals surface area contributed by atoms with E-state index in [9.17, 15) is 14.4 Å². The molecule has 3 saturated heterocycles. The molecular formula is C24H47N3O9Si4. The van der Waals surface area contributed by atoms with E-state index >= 15 is 0 Å². The molecule has 1 aromatic heterocycles. The van der Waals surface area contributed by atoms with Gasteiger partial charge in [-0.1, -0.05) is 13.3 Å². The van der Waals surface area contributed by atoms with Crippen LogP contribution in [0.5, 0.6) is 0 Å². The highest BCUT2D eigenvalue weighted by Gasteiger charge is 2.55. The summed E-state index contributed by atoms with van der Waals surface area (Å²) in [5.41, 5.74) is -1.73. The molecule has 4 atom stereocenters. The molecule has 0 aromatic carbocycles. The second-order valence-corrected chi connectivity index (χ2v) is 26.7. The van der Waals surface area contributed by atoms with Crippen molar-refractivity contribution in [2.24, 2.45) is 7.05 Å². The quantitative estimate of drug-likeness (QED) is 0.238. The molecule has 4 heterocycles. The molecule has 0 radical (unpaired) electrons. The summed E-state index contributed by atoms with van der Waals surface area (Å²) < 4.78 is 42.0. The summed E-state index contributed by atoms with van der Waals surface area (Å²) in [6.07, 6.45) is 4.33. The lowest BCUT2D eigenvalue weighted by Gasteiger charge is -2.49. The van der Waals surface area contributed by atoms with Crippen molar-refractivity contribution in [1.29, 1.82) is 0 Å². The van der Waals surface area contributed by atoms with Gasteiger partial charge < -0.3 is 25.9 Å². The Morgan fingerprint density at radius 3 is 1.52 bits per heavy atom. The maximum Gasteiger partial charge on any atom is 0.336 e. The van der Waals surface area contributed by atoms with E-state index in [1.165, 1.54) is 11.6 Å². The summed E-state index contributed by atoms with van der Waals surface area (Å²) in [7, 11) is -9.39. The average Bonchev–Trinajstić information content (AvgIpc) is 3.76. The smallest absolute Gasteiger partial charge is 0.336 e. The van der Waals surface area contributed by atoms with Crippen LogP contribution in [0.4, 0.5) is 0 Å². The Labute approximate surface area is 240 Å². The van der Waals surface area contributed by atoms with Crippen LogP contribution in [0.15, 0.2) is 14.4 Å². The molecule has 0 N–H and O–H groups in total. The molecule has 0 spiro atoms. The standard InChI is InChI=1S/C24H47N3O9Si4/c1-8-9-13-26-22(28)25(2)23(29)27(24(26)30)14-10-15-38(5)35-39(6,16-11-20-18-31-20)33-37(3,4)34-40(7,36-38)17-12-21-19-32-21/h20-21H,8-19H2,1-7H3. The molecule has 0 aliphatic carbocycles. The third-order valence-electron chi connectivity index (χ3n) is 7.68. The topological polar surface area (TPSA) is 128 Å². The SMILES string of the molecule is CCCCn1c(=O)n(C)c(=O)n(CCC[Si]2(C)O[Si](C)(CCC3CO3)O[Si](C)(C)O[Si](C)(CCC3CO3)O2)c1=O. The van der Waals surface area contributed by atoms with Crippen LogP contribution >= 0.6 is 0 Å². The van der Waals surface area contributed by atoms with E-state index in [1.54, 1.807) is 0 Å². The van der Waals surface area contributed by atoms with Crippen molar-refractivity contribution in [2.75, 3.05) is 13.2 Å². The van der Waals surface area contributed by atoms with Crippen LogP contribution in [0.3, 0.4) is 0 Å². The van der Waals surface area contributed by atoms with Gasteiger partial charge in [-0.25, -0.2) is 28.1 Å². The highest BCUT2D eigenvalue weighted by atomic mass is 28.5. The van der Waals surface area contributed by atoms with Gasteiger partial charge in [-0.3, -0.25) is 0 Å². The first-order valence-electron chi connectivity index (χ1n) is 14.6. The lowest BCUT2D eigenvalue weighted by Crippen LogP contribution is -2.66. The van der Waals surface area contributed by atoms with Crippen LogP contribution < -0.4 is 17.1 Å². The van der Waals surface area contributed by atoms with Gasteiger partial charge in [0.1, 0.15) is 0 Å². The summed E-state index contributed by atoms with van der Waals surface area (Å²) in [6.45, 7) is 14.5. The molecular weight excluding hydrogens is 587 g/mol. The average molecular weight is 634 g/mol. The predicted octanol–water partition coefficient (Wildman–Crippen LogP) is 2.47. The van der Waals surface area contributed by atoms with Crippen LogP contribution in [0.2, 0.25) is 50.9 Å². The maximum atomic E-state index is 13.1. The van der Waals surface area contributed by atoms with Gasteiger partial charge in [0, 0.05) is 20.1 Å². The molecule has 0 saturated carbocycles. The van der Waals surface area contributed by atoms with Crippen LogP contribution in [-0.4, -0.2) is 73.4 Å². The van der Waals surface area contributed by atoms with Crippen molar-refractivity contribution < 1.29 is 25.9 Å². The number of unbranched alkanes of at least 4 members (excludes halogenated alkanes) is 1. The van der Waals surface area contributed by atoms with Crippen LogP contribution in [0, 0.1) is 0 Å². The summed E-state index contributed by atoms with van der Waals surface area (Å²) in [5, 5.41) is 0. The number of rotatable bonds is 13. The Kier molecular flexibility index (Phi) is 9.86. The van der Waals surface area contributed by atoms with Crippen LogP contribution in [-0.2, 0) is 46.1 Å². The van der Waals surface area contributed by atoms with Crippen molar-refractivity contribution in [3.8, 4) is 0 Å². The Morgan fingerprint density at radius 1 is 0.675 bits per heavy atom. The second kappa shape index (κ2) is 12.3. The molecule has 12 nitrogen and oxygen atoms in total. The second-order valence-electron chi connectivity index (χ2n) is 12.4. The summed E-state index contributed by atoms with van der Waals surface area (Å²) in [6, 6.07) is 2.15. The van der Waals surface area contributed by atoms with Crippen molar-refractivity contribution in [2.45, 2.75) is 115 Å². The predicted molar refractivity (Wildman–Crippen MR) is 160 cm³/mol. The zero-order chi connectivity index (χ0) is 29.3. The maximum absolute atomic E-state index is 13.1. The monoisotopic (exact) mass is 633 g/mol.